The first-order chi connectivity index (χ1) is 20.3. The van der Waals surface area contributed by atoms with Gasteiger partial charge < -0.3 is 14.0 Å². The molecule has 4 aromatic carbocycles. The standard InChI is InChI=1S/C23H14N5O.C11H8N.Ir/c1-14-11-12-17(21-20(14)16-9-5-6-10-19(16)29-21)23-25-22-18(13-24-27-26-22)28(23)15-7-3-2-4-8-15;1-2-6-10(7-3-1)11-8-4-5-9-12-11;/h2-11,13H,1H3;1-6,8-9H;/q2*-1;. The van der Waals surface area contributed by atoms with Gasteiger partial charge in [-0.1, -0.05) is 66.4 Å². The van der Waals surface area contributed by atoms with Crippen LogP contribution in [-0.2, 0) is 20.1 Å². The predicted molar refractivity (Wildman–Crippen MR) is 159 cm³/mol. The van der Waals surface area contributed by atoms with E-state index in [4.69, 9.17) is 9.40 Å². The van der Waals surface area contributed by atoms with E-state index in [9.17, 15) is 0 Å². The van der Waals surface area contributed by atoms with Crippen molar-refractivity contribution in [1.29, 1.82) is 0 Å². The van der Waals surface area contributed by atoms with Gasteiger partial charge in [-0.2, -0.15) is 0 Å². The molecule has 0 bridgehead atoms. The summed E-state index contributed by atoms with van der Waals surface area (Å²) in [6.07, 6.45) is 3.46. The Labute approximate surface area is 255 Å². The van der Waals surface area contributed by atoms with Crippen molar-refractivity contribution in [2.75, 3.05) is 0 Å². The monoisotopic (exact) mass is 723 g/mol. The summed E-state index contributed by atoms with van der Waals surface area (Å²) in [6, 6.07) is 40.2. The third-order valence-corrected chi connectivity index (χ3v) is 6.80. The number of hydrogen-bond donors (Lipinski definition) is 0. The minimum absolute atomic E-state index is 0. The maximum absolute atomic E-state index is 6.27. The largest absolute Gasteiger partial charge is 0.501 e. The molecule has 0 saturated carbocycles. The Balaban J connectivity index is 0.000000205. The molecular weight excluding hydrogens is 701 g/mol. The summed E-state index contributed by atoms with van der Waals surface area (Å²) in [7, 11) is 0. The summed E-state index contributed by atoms with van der Waals surface area (Å²) in [6.45, 7) is 2.07. The van der Waals surface area contributed by atoms with E-state index < -0.39 is 0 Å². The molecule has 0 aliphatic rings. The van der Waals surface area contributed by atoms with Gasteiger partial charge in [0.15, 0.2) is 5.65 Å². The fraction of sp³-hybridized carbons (Fsp3) is 0.0294. The van der Waals surface area contributed by atoms with Gasteiger partial charge in [-0.15, -0.1) is 63.8 Å². The number of pyridine rings is 1. The number of imidazole rings is 1. The number of rotatable bonds is 3. The Bertz CT molecular complexity index is 2070. The number of aromatic nitrogens is 6. The maximum Gasteiger partial charge on any atom is 0.194 e. The van der Waals surface area contributed by atoms with Crippen LogP contribution in [0.3, 0.4) is 0 Å². The van der Waals surface area contributed by atoms with E-state index in [1.54, 1.807) is 12.4 Å². The van der Waals surface area contributed by atoms with E-state index in [2.05, 4.69) is 45.5 Å². The third kappa shape index (κ3) is 4.98. The van der Waals surface area contributed by atoms with Gasteiger partial charge in [0.2, 0.25) is 0 Å². The number of benzene rings is 4. The number of nitrogens with zero attached hydrogens (tertiary/aromatic N) is 6. The van der Waals surface area contributed by atoms with Gasteiger partial charge in [0, 0.05) is 37.4 Å². The second-order valence-electron chi connectivity index (χ2n) is 9.39. The zero-order valence-corrected chi connectivity index (χ0v) is 24.8. The van der Waals surface area contributed by atoms with Crippen LogP contribution < -0.4 is 0 Å². The minimum Gasteiger partial charge on any atom is -0.501 e. The summed E-state index contributed by atoms with van der Waals surface area (Å²) in [5.41, 5.74) is 7.77. The second-order valence-corrected chi connectivity index (χ2v) is 9.39. The molecule has 4 aromatic heterocycles. The molecule has 0 amide bonds. The fourth-order valence-corrected chi connectivity index (χ4v) is 4.94. The smallest absolute Gasteiger partial charge is 0.194 e. The number of fused-ring (bicyclic) bond motifs is 4. The van der Waals surface area contributed by atoms with Crippen molar-refractivity contribution < 1.29 is 24.5 Å². The Hall–Kier alpha value is -5.04. The van der Waals surface area contributed by atoms with Gasteiger partial charge >= 0.3 is 0 Å². The molecule has 0 aliphatic heterocycles. The molecule has 0 aliphatic carbocycles. The molecule has 8 heteroatoms. The molecule has 42 heavy (non-hydrogen) atoms. The fourth-order valence-electron chi connectivity index (χ4n) is 4.94. The number of aryl methyl sites for hydroxylation is 1. The van der Waals surface area contributed by atoms with Crippen LogP contribution in [0.5, 0.6) is 0 Å². The van der Waals surface area contributed by atoms with Crippen LogP contribution in [-0.4, -0.2) is 29.9 Å². The van der Waals surface area contributed by atoms with E-state index in [1.165, 1.54) is 0 Å². The molecule has 7 nitrogen and oxygen atoms in total. The second kappa shape index (κ2) is 11.8. The summed E-state index contributed by atoms with van der Waals surface area (Å²) >= 11 is 0. The molecule has 1 radical (unpaired) electrons. The van der Waals surface area contributed by atoms with E-state index in [-0.39, 0.29) is 20.1 Å². The van der Waals surface area contributed by atoms with Crippen molar-refractivity contribution in [3.05, 3.63) is 133 Å². The van der Waals surface area contributed by atoms with Crippen LogP contribution in [0.15, 0.2) is 120 Å². The molecule has 0 spiro atoms. The molecule has 0 fully saturated rings. The number of furan rings is 1. The SMILES string of the molecule is Cc1c[c-]c(-c2nc3nnncc3n2-c2ccccc2)c2oc3ccccc3c12.[Ir].[c-]1ccccc1-c1ccccn1. The van der Waals surface area contributed by atoms with Gasteiger partial charge in [-0.3, -0.25) is 4.98 Å². The molecule has 8 aromatic rings. The summed E-state index contributed by atoms with van der Waals surface area (Å²) in [5.74, 6) is 0.692. The molecule has 4 heterocycles. The predicted octanol–water partition coefficient (Wildman–Crippen LogP) is 7.43. The van der Waals surface area contributed by atoms with Crippen LogP contribution in [0.2, 0.25) is 0 Å². The molecule has 8 rings (SSSR count). The van der Waals surface area contributed by atoms with Crippen molar-refractivity contribution >= 4 is 33.1 Å². The topological polar surface area (TPSA) is 82.5 Å². The van der Waals surface area contributed by atoms with E-state index in [1.807, 2.05) is 102 Å². The van der Waals surface area contributed by atoms with E-state index in [0.717, 1.165) is 55.5 Å². The van der Waals surface area contributed by atoms with Crippen molar-refractivity contribution in [2.24, 2.45) is 0 Å². The van der Waals surface area contributed by atoms with Crippen molar-refractivity contribution in [1.82, 2.24) is 29.9 Å². The third-order valence-electron chi connectivity index (χ3n) is 6.80. The summed E-state index contributed by atoms with van der Waals surface area (Å²) in [4.78, 5) is 8.99. The minimum atomic E-state index is 0. The number of para-hydroxylation sites is 2. The molecule has 205 valence electrons. The summed E-state index contributed by atoms with van der Waals surface area (Å²) < 4.78 is 8.29. The first kappa shape index (κ1) is 27.1. The Morgan fingerprint density at radius 2 is 1.64 bits per heavy atom. The van der Waals surface area contributed by atoms with Crippen LogP contribution >= 0.6 is 0 Å². The first-order valence-corrected chi connectivity index (χ1v) is 13.1. The zero-order valence-electron chi connectivity index (χ0n) is 22.4. The van der Waals surface area contributed by atoms with Gasteiger partial charge in [0.05, 0.1) is 17.6 Å². The first-order valence-electron chi connectivity index (χ1n) is 13.1. The summed E-state index contributed by atoms with van der Waals surface area (Å²) in [5, 5.41) is 14.0. The quantitative estimate of drug-likeness (QED) is 0.177. The average Bonchev–Trinajstić information content (AvgIpc) is 3.63. The Morgan fingerprint density at radius 1 is 0.833 bits per heavy atom. The van der Waals surface area contributed by atoms with Gasteiger partial charge in [0.25, 0.3) is 0 Å². The van der Waals surface area contributed by atoms with Gasteiger partial charge in [-0.25, -0.2) is 0 Å². The molecule has 0 N–H and O–H groups in total. The average molecular weight is 723 g/mol. The van der Waals surface area contributed by atoms with Crippen LogP contribution in [0.4, 0.5) is 0 Å². The van der Waals surface area contributed by atoms with Crippen molar-refractivity contribution in [3.8, 4) is 28.3 Å². The van der Waals surface area contributed by atoms with Crippen LogP contribution in [0, 0.1) is 19.1 Å². The molecule has 0 unspecified atom stereocenters. The van der Waals surface area contributed by atoms with Crippen molar-refractivity contribution in [3.63, 3.8) is 0 Å². The number of hydrogen-bond acceptors (Lipinski definition) is 6. The molecule has 0 atom stereocenters. The van der Waals surface area contributed by atoms with E-state index in [0.29, 0.717) is 11.5 Å². The van der Waals surface area contributed by atoms with Crippen LogP contribution in [0.25, 0.3) is 61.4 Å². The maximum atomic E-state index is 6.27. The van der Waals surface area contributed by atoms with Gasteiger partial charge in [0.1, 0.15) is 11.1 Å². The normalized spacial score (nSPS) is 10.8. The molecule has 0 saturated heterocycles. The Morgan fingerprint density at radius 3 is 2.45 bits per heavy atom. The van der Waals surface area contributed by atoms with Crippen LogP contribution in [0.1, 0.15) is 5.56 Å². The zero-order chi connectivity index (χ0) is 27.6. The van der Waals surface area contributed by atoms with Crippen molar-refractivity contribution in [2.45, 2.75) is 6.92 Å². The molecular formula is C34H22IrN6O-2. The Kier molecular flexibility index (Phi) is 7.64. The van der Waals surface area contributed by atoms with E-state index >= 15 is 0 Å². The van der Waals surface area contributed by atoms with Gasteiger partial charge in [-0.05, 0) is 35.2 Å².